The van der Waals surface area contributed by atoms with Crippen LogP contribution in [0.25, 0.3) is 0 Å². The first-order chi connectivity index (χ1) is 6.97. The van der Waals surface area contributed by atoms with E-state index < -0.39 is 5.41 Å². The van der Waals surface area contributed by atoms with Gasteiger partial charge in [-0.1, -0.05) is 5.57 Å². The molecule has 0 amide bonds. The monoisotopic (exact) mass is 208 g/mol. The Morgan fingerprint density at radius 2 is 1.87 bits per heavy atom. The van der Waals surface area contributed by atoms with E-state index in [1.165, 1.54) is 0 Å². The summed E-state index contributed by atoms with van der Waals surface area (Å²) in [6.07, 6.45) is 4.40. The maximum Gasteiger partial charge on any atom is 0.146 e. The van der Waals surface area contributed by atoms with E-state index in [9.17, 15) is 9.59 Å². The number of ketones is 2. The van der Waals surface area contributed by atoms with Gasteiger partial charge in [0.2, 0.25) is 0 Å². The van der Waals surface area contributed by atoms with Crippen molar-refractivity contribution in [3.05, 3.63) is 12.2 Å². The third-order valence-electron chi connectivity index (χ3n) is 3.32. The van der Waals surface area contributed by atoms with E-state index in [2.05, 4.69) is 6.58 Å². The summed E-state index contributed by atoms with van der Waals surface area (Å²) in [4.78, 5) is 23.5. The molecule has 2 nitrogen and oxygen atoms in total. The van der Waals surface area contributed by atoms with Gasteiger partial charge in [-0.25, -0.2) is 0 Å². The maximum atomic E-state index is 11.8. The van der Waals surface area contributed by atoms with Crippen LogP contribution in [0, 0.1) is 5.41 Å². The van der Waals surface area contributed by atoms with E-state index in [0.29, 0.717) is 19.3 Å². The van der Waals surface area contributed by atoms with Crippen molar-refractivity contribution in [1.29, 1.82) is 0 Å². The van der Waals surface area contributed by atoms with Gasteiger partial charge in [-0.05, 0) is 39.5 Å². The van der Waals surface area contributed by atoms with Crippen molar-refractivity contribution in [1.82, 2.24) is 0 Å². The van der Waals surface area contributed by atoms with Crippen LogP contribution in [-0.2, 0) is 9.59 Å². The molecule has 0 aromatic rings. The molecule has 0 spiro atoms. The van der Waals surface area contributed by atoms with Crippen molar-refractivity contribution in [2.75, 3.05) is 0 Å². The van der Waals surface area contributed by atoms with Crippen LogP contribution in [-0.4, -0.2) is 11.6 Å². The highest BCUT2D eigenvalue weighted by molar-refractivity contribution is 6.08. The zero-order chi connectivity index (χ0) is 11.5. The molecule has 0 heterocycles. The van der Waals surface area contributed by atoms with Gasteiger partial charge >= 0.3 is 0 Å². The van der Waals surface area contributed by atoms with Gasteiger partial charge in [-0.15, -0.1) is 6.58 Å². The van der Waals surface area contributed by atoms with E-state index in [0.717, 1.165) is 24.8 Å². The van der Waals surface area contributed by atoms with Gasteiger partial charge in [0.05, 0.1) is 5.41 Å². The number of rotatable bonds is 4. The van der Waals surface area contributed by atoms with Gasteiger partial charge in [0.15, 0.2) is 0 Å². The molecule has 0 aliphatic heterocycles. The Labute approximate surface area is 91.7 Å². The summed E-state index contributed by atoms with van der Waals surface area (Å²) in [5, 5.41) is 0. The predicted molar refractivity (Wildman–Crippen MR) is 60.6 cm³/mol. The minimum absolute atomic E-state index is 0.139. The van der Waals surface area contributed by atoms with Crippen LogP contribution in [0.2, 0.25) is 0 Å². The maximum absolute atomic E-state index is 11.8. The van der Waals surface area contributed by atoms with Crippen molar-refractivity contribution in [3.63, 3.8) is 0 Å². The zero-order valence-electron chi connectivity index (χ0n) is 9.77. The quantitative estimate of drug-likeness (QED) is 0.525. The first kappa shape index (κ1) is 12.2. The Bertz CT molecular complexity index is 273. The Balaban J connectivity index is 2.58. The van der Waals surface area contributed by atoms with Gasteiger partial charge in [-0.2, -0.15) is 0 Å². The average molecular weight is 208 g/mol. The van der Waals surface area contributed by atoms with Crippen LogP contribution in [0.15, 0.2) is 12.2 Å². The van der Waals surface area contributed by atoms with Crippen molar-refractivity contribution in [3.8, 4) is 0 Å². The Morgan fingerprint density at radius 3 is 2.33 bits per heavy atom. The third kappa shape index (κ3) is 2.77. The van der Waals surface area contributed by atoms with Gasteiger partial charge in [0, 0.05) is 12.8 Å². The highest BCUT2D eigenvalue weighted by Crippen LogP contribution is 2.34. The van der Waals surface area contributed by atoms with Crippen LogP contribution in [0.5, 0.6) is 0 Å². The molecular weight excluding hydrogens is 188 g/mol. The fourth-order valence-electron chi connectivity index (χ4n) is 2.14. The predicted octanol–water partition coefficient (Wildman–Crippen LogP) is 3.06. The molecule has 0 aromatic heterocycles. The highest BCUT2D eigenvalue weighted by atomic mass is 16.2. The summed E-state index contributed by atoms with van der Waals surface area (Å²) < 4.78 is 0. The largest absolute Gasteiger partial charge is 0.299 e. The molecule has 0 radical (unpaired) electrons. The molecule has 0 bridgehead atoms. The summed E-state index contributed by atoms with van der Waals surface area (Å²) >= 11 is 0. The van der Waals surface area contributed by atoms with Crippen LogP contribution < -0.4 is 0 Å². The summed E-state index contributed by atoms with van der Waals surface area (Å²) in [5.74, 6) is 0.279. The second kappa shape index (κ2) is 4.73. The summed E-state index contributed by atoms with van der Waals surface area (Å²) in [6.45, 7) is 7.62. The second-order valence-corrected chi connectivity index (χ2v) is 4.84. The normalized spacial score (nSPS) is 20.4. The lowest BCUT2D eigenvalue weighted by Crippen LogP contribution is -2.39. The van der Waals surface area contributed by atoms with E-state index in [1.54, 1.807) is 0 Å². The molecule has 1 rings (SSSR count). The first-order valence-corrected chi connectivity index (χ1v) is 5.68. The first-order valence-electron chi connectivity index (χ1n) is 5.68. The van der Waals surface area contributed by atoms with Crippen molar-refractivity contribution < 1.29 is 9.59 Å². The summed E-state index contributed by atoms with van der Waals surface area (Å²) in [5.41, 5.74) is 0.433. The standard InChI is InChI=1S/C13H20O2/c1-10(2)6-5-9-13(3)11(14)7-4-8-12(13)15/h1,4-9H2,2-3H3. The molecule has 1 saturated carbocycles. The number of hydrogen-bond donors (Lipinski definition) is 0. The zero-order valence-corrected chi connectivity index (χ0v) is 9.77. The second-order valence-electron chi connectivity index (χ2n) is 4.84. The number of carbonyl (C=O) groups is 2. The number of Topliss-reactive ketones (excluding diaryl/α,β-unsaturated/α-hetero) is 2. The van der Waals surface area contributed by atoms with Crippen molar-refractivity contribution in [2.45, 2.75) is 52.4 Å². The highest BCUT2D eigenvalue weighted by Gasteiger charge is 2.41. The van der Waals surface area contributed by atoms with Crippen LogP contribution in [0.4, 0.5) is 0 Å². The molecule has 0 atom stereocenters. The minimum Gasteiger partial charge on any atom is -0.299 e. The van der Waals surface area contributed by atoms with Crippen molar-refractivity contribution in [2.24, 2.45) is 5.41 Å². The molecule has 1 aliphatic carbocycles. The lowest BCUT2D eigenvalue weighted by Gasteiger charge is -2.30. The number of hydrogen-bond acceptors (Lipinski definition) is 2. The fraction of sp³-hybridized carbons (Fsp3) is 0.692. The number of carbonyl (C=O) groups excluding carboxylic acids is 2. The minimum atomic E-state index is -0.687. The molecule has 1 aliphatic rings. The molecule has 2 heteroatoms. The molecule has 0 N–H and O–H groups in total. The van der Waals surface area contributed by atoms with Gasteiger partial charge in [0.25, 0.3) is 0 Å². The topological polar surface area (TPSA) is 34.1 Å². The smallest absolute Gasteiger partial charge is 0.146 e. The van der Waals surface area contributed by atoms with E-state index in [1.807, 2.05) is 13.8 Å². The molecular formula is C13H20O2. The van der Waals surface area contributed by atoms with E-state index >= 15 is 0 Å². The van der Waals surface area contributed by atoms with E-state index in [4.69, 9.17) is 0 Å². The molecule has 15 heavy (non-hydrogen) atoms. The van der Waals surface area contributed by atoms with Crippen LogP contribution in [0.3, 0.4) is 0 Å². The van der Waals surface area contributed by atoms with Gasteiger partial charge in [0.1, 0.15) is 11.6 Å². The number of allylic oxidation sites excluding steroid dienone is 1. The summed E-state index contributed by atoms with van der Waals surface area (Å²) in [7, 11) is 0. The van der Waals surface area contributed by atoms with E-state index in [-0.39, 0.29) is 11.6 Å². The molecule has 0 saturated heterocycles. The third-order valence-corrected chi connectivity index (χ3v) is 3.32. The molecule has 0 aromatic carbocycles. The molecule has 0 unspecified atom stereocenters. The Kier molecular flexibility index (Phi) is 3.83. The SMILES string of the molecule is C=C(C)CCCC1(C)C(=O)CCCC1=O. The summed E-state index contributed by atoms with van der Waals surface area (Å²) in [6, 6.07) is 0. The lowest BCUT2D eigenvalue weighted by molar-refractivity contribution is -0.143. The van der Waals surface area contributed by atoms with Gasteiger partial charge < -0.3 is 0 Å². The molecule has 84 valence electrons. The van der Waals surface area contributed by atoms with Crippen LogP contribution >= 0.6 is 0 Å². The van der Waals surface area contributed by atoms with Crippen LogP contribution in [0.1, 0.15) is 52.4 Å². The lowest BCUT2D eigenvalue weighted by atomic mass is 9.70. The fourth-order valence-corrected chi connectivity index (χ4v) is 2.14. The van der Waals surface area contributed by atoms with Crippen molar-refractivity contribution >= 4 is 11.6 Å². The van der Waals surface area contributed by atoms with Gasteiger partial charge in [-0.3, -0.25) is 9.59 Å². The average Bonchev–Trinajstić information content (AvgIpc) is 2.14. The Morgan fingerprint density at radius 1 is 1.33 bits per heavy atom. The Hall–Kier alpha value is -0.920. The molecule has 1 fully saturated rings.